The SMILES string of the molecule is COC(=O)c1noc(-c2ccccc2Cl)n1. The Morgan fingerprint density at radius 2 is 2.19 bits per heavy atom. The monoisotopic (exact) mass is 238 g/mol. The molecule has 6 heteroatoms. The molecule has 0 saturated heterocycles. The molecule has 0 N–H and O–H groups in total. The second-order valence-electron chi connectivity index (χ2n) is 2.89. The van der Waals surface area contributed by atoms with Gasteiger partial charge in [0, 0.05) is 0 Å². The van der Waals surface area contributed by atoms with E-state index in [1.807, 2.05) is 0 Å². The molecule has 0 radical (unpaired) electrons. The second-order valence-corrected chi connectivity index (χ2v) is 3.30. The maximum Gasteiger partial charge on any atom is 0.379 e. The topological polar surface area (TPSA) is 65.2 Å². The summed E-state index contributed by atoms with van der Waals surface area (Å²) < 4.78 is 9.37. The van der Waals surface area contributed by atoms with E-state index in [9.17, 15) is 4.79 Å². The molecule has 16 heavy (non-hydrogen) atoms. The van der Waals surface area contributed by atoms with Crippen LogP contribution in [0.3, 0.4) is 0 Å². The number of esters is 1. The molecule has 0 aliphatic carbocycles. The molecule has 2 rings (SSSR count). The molecule has 82 valence electrons. The first-order valence-corrected chi connectivity index (χ1v) is 4.77. The van der Waals surface area contributed by atoms with Gasteiger partial charge in [-0.2, -0.15) is 4.98 Å². The highest BCUT2D eigenvalue weighted by Gasteiger charge is 2.17. The van der Waals surface area contributed by atoms with Crippen molar-refractivity contribution >= 4 is 17.6 Å². The van der Waals surface area contributed by atoms with Gasteiger partial charge in [-0.05, 0) is 17.3 Å². The van der Waals surface area contributed by atoms with Crippen molar-refractivity contribution in [3.8, 4) is 11.5 Å². The smallest absolute Gasteiger partial charge is 0.379 e. The number of methoxy groups -OCH3 is 1. The van der Waals surface area contributed by atoms with Gasteiger partial charge in [0.1, 0.15) is 0 Å². The van der Waals surface area contributed by atoms with Crippen LogP contribution in [0.5, 0.6) is 0 Å². The number of carbonyl (C=O) groups excluding carboxylic acids is 1. The molecule has 2 aromatic rings. The van der Waals surface area contributed by atoms with E-state index in [1.165, 1.54) is 7.11 Å². The number of aromatic nitrogens is 2. The first-order valence-electron chi connectivity index (χ1n) is 4.39. The average Bonchev–Trinajstić information content (AvgIpc) is 2.78. The van der Waals surface area contributed by atoms with Crippen molar-refractivity contribution < 1.29 is 14.1 Å². The summed E-state index contributed by atoms with van der Waals surface area (Å²) in [6, 6.07) is 6.97. The summed E-state index contributed by atoms with van der Waals surface area (Å²) >= 11 is 5.94. The standard InChI is InChI=1S/C10H7ClN2O3/c1-15-10(14)8-12-9(16-13-8)6-4-2-3-5-7(6)11/h2-5H,1H3. The third kappa shape index (κ3) is 1.90. The van der Waals surface area contributed by atoms with E-state index in [4.69, 9.17) is 16.1 Å². The van der Waals surface area contributed by atoms with E-state index in [1.54, 1.807) is 24.3 Å². The van der Waals surface area contributed by atoms with Crippen LogP contribution in [0.2, 0.25) is 5.02 Å². The summed E-state index contributed by atoms with van der Waals surface area (Å²) in [5, 5.41) is 3.96. The number of rotatable bonds is 2. The van der Waals surface area contributed by atoms with Gasteiger partial charge in [-0.25, -0.2) is 4.79 Å². The third-order valence-corrected chi connectivity index (χ3v) is 2.23. The molecule has 0 aliphatic heterocycles. The number of benzene rings is 1. The second kappa shape index (κ2) is 4.32. The minimum absolute atomic E-state index is 0.127. The van der Waals surface area contributed by atoms with Gasteiger partial charge in [0.2, 0.25) is 0 Å². The number of hydrogen-bond donors (Lipinski definition) is 0. The Hall–Kier alpha value is -1.88. The fourth-order valence-electron chi connectivity index (χ4n) is 1.14. The lowest BCUT2D eigenvalue weighted by molar-refractivity contribution is 0.0583. The Morgan fingerprint density at radius 3 is 2.88 bits per heavy atom. The summed E-state index contributed by atoms with van der Waals surface area (Å²) in [6.45, 7) is 0. The molecule has 1 aromatic heterocycles. The zero-order chi connectivity index (χ0) is 11.5. The third-order valence-electron chi connectivity index (χ3n) is 1.90. The first kappa shape index (κ1) is 10.6. The van der Waals surface area contributed by atoms with Crippen molar-refractivity contribution in [2.24, 2.45) is 0 Å². The molecule has 1 heterocycles. The number of hydrogen-bond acceptors (Lipinski definition) is 5. The van der Waals surface area contributed by atoms with Gasteiger partial charge in [0.15, 0.2) is 0 Å². The van der Waals surface area contributed by atoms with Crippen molar-refractivity contribution in [3.05, 3.63) is 35.1 Å². The van der Waals surface area contributed by atoms with Gasteiger partial charge in [-0.3, -0.25) is 0 Å². The lowest BCUT2D eigenvalue weighted by atomic mass is 10.2. The van der Waals surface area contributed by atoms with Crippen LogP contribution in [0.15, 0.2) is 28.8 Å². The molecule has 0 saturated carbocycles. The van der Waals surface area contributed by atoms with Crippen molar-refractivity contribution in [1.82, 2.24) is 10.1 Å². The van der Waals surface area contributed by atoms with Crippen LogP contribution >= 0.6 is 11.6 Å². The summed E-state index contributed by atoms with van der Waals surface area (Å²) in [7, 11) is 1.24. The normalized spacial score (nSPS) is 10.1. The summed E-state index contributed by atoms with van der Waals surface area (Å²) in [6.07, 6.45) is 0. The van der Waals surface area contributed by atoms with Gasteiger partial charge in [0.25, 0.3) is 11.7 Å². The molecular formula is C10H7ClN2O3. The first-order chi connectivity index (χ1) is 7.72. The molecule has 0 fully saturated rings. The van der Waals surface area contributed by atoms with Gasteiger partial charge in [-0.15, -0.1) is 0 Å². The highest BCUT2D eigenvalue weighted by atomic mass is 35.5. The highest BCUT2D eigenvalue weighted by Crippen LogP contribution is 2.25. The van der Waals surface area contributed by atoms with Crippen LogP contribution in [-0.4, -0.2) is 23.2 Å². The Kier molecular flexibility index (Phi) is 2.87. The molecular weight excluding hydrogens is 232 g/mol. The van der Waals surface area contributed by atoms with Crippen LogP contribution in [0.25, 0.3) is 11.5 Å². The number of carbonyl (C=O) groups is 1. The van der Waals surface area contributed by atoms with Gasteiger partial charge in [0.05, 0.1) is 17.7 Å². The zero-order valence-electron chi connectivity index (χ0n) is 8.31. The van der Waals surface area contributed by atoms with E-state index in [0.717, 1.165) is 0 Å². The van der Waals surface area contributed by atoms with E-state index >= 15 is 0 Å². The molecule has 0 amide bonds. The minimum atomic E-state index is -0.651. The Bertz CT molecular complexity index is 524. The van der Waals surface area contributed by atoms with Crippen LogP contribution in [0.4, 0.5) is 0 Å². The Morgan fingerprint density at radius 1 is 1.44 bits per heavy atom. The lowest BCUT2D eigenvalue weighted by Crippen LogP contribution is -2.03. The molecule has 1 aromatic carbocycles. The number of nitrogens with zero attached hydrogens (tertiary/aromatic N) is 2. The summed E-state index contributed by atoms with van der Waals surface area (Å²) in [4.78, 5) is 15.0. The molecule has 0 bridgehead atoms. The molecule has 5 nitrogen and oxygen atoms in total. The fourth-order valence-corrected chi connectivity index (χ4v) is 1.36. The van der Waals surface area contributed by atoms with Crippen molar-refractivity contribution in [3.63, 3.8) is 0 Å². The van der Waals surface area contributed by atoms with Crippen molar-refractivity contribution in [1.29, 1.82) is 0 Å². The maximum absolute atomic E-state index is 11.1. The molecule has 0 spiro atoms. The molecule has 0 unspecified atom stereocenters. The quantitative estimate of drug-likeness (QED) is 0.751. The zero-order valence-corrected chi connectivity index (χ0v) is 9.06. The Balaban J connectivity index is 2.39. The largest absolute Gasteiger partial charge is 0.463 e. The van der Waals surface area contributed by atoms with Crippen LogP contribution in [0, 0.1) is 0 Å². The van der Waals surface area contributed by atoms with Crippen LogP contribution < -0.4 is 0 Å². The lowest BCUT2D eigenvalue weighted by Gasteiger charge is -1.95. The minimum Gasteiger partial charge on any atom is -0.463 e. The van der Waals surface area contributed by atoms with E-state index < -0.39 is 5.97 Å². The average molecular weight is 239 g/mol. The number of ether oxygens (including phenoxy) is 1. The molecule has 0 aliphatic rings. The maximum atomic E-state index is 11.1. The fraction of sp³-hybridized carbons (Fsp3) is 0.100. The van der Waals surface area contributed by atoms with E-state index in [2.05, 4.69) is 14.9 Å². The highest BCUT2D eigenvalue weighted by molar-refractivity contribution is 6.33. The van der Waals surface area contributed by atoms with Crippen LogP contribution in [0.1, 0.15) is 10.6 Å². The predicted octanol–water partition coefficient (Wildman–Crippen LogP) is 2.18. The summed E-state index contributed by atoms with van der Waals surface area (Å²) in [5.41, 5.74) is 0.576. The van der Waals surface area contributed by atoms with Gasteiger partial charge >= 0.3 is 5.97 Å². The van der Waals surface area contributed by atoms with E-state index in [-0.39, 0.29) is 11.7 Å². The van der Waals surface area contributed by atoms with Gasteiger partial charge < -0.3 is 9.26 Å². The van der Waals surface area contributed by atoms with E-state index in [0.29, 0.717) is 10.6 Å². The Labute approximate surface area is 96.0 Å². The number of halogens is 1. The summed E-state index contributed by atoms with van der Waals surface area (Å²) in [5.74, 6) is -0.592. The predicted molar refractivity (Wildman–Crippen MR) is 56.1 cm³/mol. The van der Waals surface area contributed by atoms with Crippen LogP contribution in [-0.2, 0) is 4.74 Å². The van der Waals surface area contributed by atoms with Gasteiger partial charge in [-0.1, -0.05) is 23.7 Å². The van der Waals surface area contributed by atoms with Crippen molar-refractivity contribution in [2.45, 2.75) is 0 Å². The van der Waals surface area contributed by atoms with Crippen molar-refractivity contribution in [2.75, 3.05) is 7.11 Å². The molecule has 0 atom stereocenters.